The highest BCUT2D eigenvalue weighted by atomic mass is 28.1. The smallest absolute Gasteiger partial charge is 0.0999 e. The number of aromatic nitrogens is 1. The van der Waals surface area contributed by atoms with Crippen LogP contribution in [-0.2, 0) is 12.8 Å². The fraction of sp³-hybridized carbons (Fsp3) is 0.444. The Morgan fingerprint density at radius 2 is 2.09 bits per heavy atom. The van der Waals surface area contributed by atoms with E-state index in [0.29, 0.717) is 0 Å². The van der Waals surface area contributed by atoms with E-state index < -0.39 is 0 Å². The van der Waals surface area contributed by atoms with E-state index in [-0.39, 0.29) is 0 Å². The van der Waals surface area contributed by atoms with Gasteiger partial charge in [0.1, 0.15) is 0 Å². The third kappa shape index (κ3) is 1.69. The van der Waals surface area contributed by atoms with Gasteiger partial charge in [-0.15, -0.1) is 0 Å². The quantitative estimate of drug-likeness (QED) is 0.591. The molecule has 1 heterocycles. The summed E-state index contributed by atoms with van der Waals surface area (Å²) in [6, 6.07) is 2.09. The molecule has 0 saturated heterocycles. The lowest BCUT2D eigenvalue weighted by molar-refractivity contribution is 1.03. The fourth-order valence-electron chi connectivity index (χ4n) is 1.26. The zero-order valence-corrected chi connectivity index (χ0v) is 8.02. The number of pyridine rings is 1. The second-order valence-electron chi connectivity index (χ2n) is 2.50. The van der Waals surface area contributed by atoms with Crippen LogP contribution in [0.5, 0.6) is 0 Å². The van der Waals surface area contributed by atoms with Crippen molar-refractivity contribution in [2.45, 2.75) is 26.7 Å². The highest BCUT2D eigenvalue weighted by Gasteiger charge is 2.00. The molecule has 0 fully saturated rings. The Morgan fingerprint density at radius 1 is 1.36 bits per heavy atom. The van der Waals surface area contributed by atoms with Gasteiger partial charge in [-0.2, -0.15) is 0 Å². The molecule has 57 valence electrons. The first-order valence-corrected chi connectivity index (χ1v) is 4.48. The summed E-state index contributed by atoms with van der Waals surface area (Å²) in [6.07, 6.45) is 3.99. The summed E-state index contributed by atoms with van der Waals surface area (Å²) in [5.74, 6) is 0. The van der Waals surface area contributed by atoms with E-state index in [0.717, 1.165) is 18.2 Å². The predicted octanol–water partition coefficient (Wildman–Crippen LogP) is 1.00. The minimum absolute atomic E-state index is 0.992. The highest BCUT2D eigenvalue weighted by molar-refractivity contribution is 6.31. The number of hydrogen-bond acceptors (Lipinski definition) is 1. The van der Waals surface area contributed by atoms with E-state index in [4.69, 9.17) is 0 Å². The van der Waals surface area contributed by atoms with E-state index in [1.54, 1.807) is 0 Å². The second-order valence-corrected chi connectivity index (χ2v) is 2.98. The summed E-state index contributed by atoms with van der Waals surface area (Å²) < 4.78 is 0. The molecule has 3 radical (unpaired) electrons. The summed E-state index contributed by atoms with van der Waals surface area (Å²) in [6.45, 7) is 4.32. The van der Waals surface area contributed by atoms with Crippen LogP contribution in [0.4, 0.5) is 0 Å². The highest BCUT2D eigenvalue weighted by Crippen LogP contribution is 2.05. The Balaban J connectivity index is 3.13. The van der Waals surface area contributed by atoms with Crippen LogP contribution >= 0.6 is 0 Å². The molecule has 11 heavy (non-hydrogen) atoms. The lowest BCUT2D eigenvalue weighted by Crippen LogP contribution is -2.16. The van der Waals surface area contributed by atoms with Gasteiger partial charge in [0.25, 0.3) is 0 Å². The molecule has 1 rings (SSSR count). The van der Waals surface area contributed by atoms with Gasteiger partial charge in [0.05, 0.1) is 10.2 Å². The number of nitrogens with zero attached hydrogens (tertiary/aromatic N) is 1. The molecule has 0 amide bonds. The third-order valence-electron chi connectivity index (χ3n) is 1.89. The summed E-state index contributed by atoms with van der Waals surface area (Å²) >= 11 is 0. The number of hydrogen-bond donors (Lipinski definition) is 0. The van der Waals surface area contributed by atoms with Gasteiger partial charge in [-0.3, -0.25) is 4.98 Å². The molecule has 0 saturated carbocycles. The summed E-state index contributed by atoms with van der Waals surface area (Å²) in [5.41, 5.74) is 2.74. The van der Waals surface area contributed by atoms with Crippen LogP contribution in [0.2, 0.25) is 0 Å². The Hall–Kier alpha value is -0.633. The van der Waals surface area contributed by atoms with Gasteiger partial charge in [-0.25, -0.2) is 0 Å². The molecular formula is C9H12NSi. The van der Waals surface area contributed by atoms with Gasteiger partial charge >= 0.3 is 0 Å². The normalized spacial score (nSPS) is 10.1. The van der Waals surface area contributed by atoms with E-state index in [1.807, 2.05) is 6.20 Å². The molecule has 0 bridgehead atoms. The van der Waals surface area contributed by atoms with Crippen molar-refractivity contribution in [3.63, 3.8) is 0 Å². The van der Waals surface area contributed by atoms with Gasteiger partial charge in [-0.1, -0.05) is 13.8 Å². The maximum atomic E-state index is 4.17. The van der Waals surface area contributed by atoms with Gasteiger partial charge in [0, 0.05) is 11.5 Å². The van der Waals surface area contributed by atoms with Crippen molar-refractivity contribution in [1.29, 1.82) is 0 Å². The maximum Gasteiger partial charge on any atom is 0.0999 e. The summed E-state index contributed by atoms with van der Waals surface area (Å²) in [4.78, 5) is 4.17. The molecule has 0 atom stereocenters. The second kappa shape index (κ2) is 3.67. The van der Waals surface area contributed by atoms with Gasteiger partial charge in [0.15, 0.2) is 0 Å². The molecule has 0 spiro atoms. The molecule has 0 aliphatic rings. The minimum Gasteiger partial charge on any atom is -0.267 e. The molecule has 1 nitrogen and oxygen atoms in total. The molecule has 2 heteroatoms. The van der Waals surface area contributed by atoms with Crippen LogP contribution in [0.15, 0.2) is 12.3 Å². The fourth-order valence-corrected chi connectivity index (χ4v) is 1.67. The average molecular weight is 162 g/mol. The van der Waals surface area contributed by atoms with Crippen molar-refractivity contribution >= 4 is 15.6 Å². The largest absolute Gasteiger partial charge is 0.267 e. The zero-order chi connectivity index (χ0) is 8.27. The predicted molar refractivity (Wildman–Crippen MR) is 48.4 cm³/mol. The van der Waals surface area contributed by atoms with Crippen LogP contribution in [0.3, 0.4) is 0 Å². The first kappa shape index (κ1) is 8.46. The van der Waals surface area contributed by atoms with E-state index >= 15 is 0 Å². The van der Waals surface area contributed by atoms with Gasteiger partial charge in [0.2, 0.25) is 0 Å². The van der Waals surface area contributed by atoms with Crippen LogP contribution < -0.4 is 5.32 Å². The van der Waals surface area contributed by atoms with Gasteiger partial charge < -0.3 is 0 Å². The monoisotopic (exact) mass is 162 g/mol. The molecule has 0 aliphatic heterocycles. The van der Waals surface area contributed by atoms with E-state index in [1.165, 1.54) is 11.1 Å². The molecular weight excluding hydrogens is 150 g/mol. The lowest BCUT2D eigenvalue weighted by atomic mass is 10.1. The topological polar surface area (TPSA) is 12.9 Å². The van der Waals surface area contributed by atoms with Crippen molar-refractivity contribution in [1.82, 2.24) is 4.98 Å². The standard InChI is InChI=1S/C9H12NSi/c1-3-7-5-6-10-9(11)8(7)4-2/h5-6H,3-4H2,1-2H3. The first-order valence-electron chi connectivity index (χ1n) is 3.98. The van der Waals surface area contributed by atoms with E-state index in [2.05, 4.69) is 35.1 Å². The van der Waals surface area contributed by atoms with Crippen molar-refractivity contribution in [3.8, 4) is 0 Å². The molecule has 1 aromatic heterocycles. The van der Waals surface area contributed by atoms with Crippen LogP contribution in [-0.4, -0.2) is 15.2 Å². The van der Waals surface area contributed by atoms with Crippen LogP contribution in [0.1, 0.15) is 25.0 Å². The summed E-state index contributed by atoms with van der Waals surface area (Å²) in [5, 5.41) is 0.992. The Labute approximate surface area is 71.3 Å². The lowest BCUT2D eigenvalue weighted by Gasteiger charge is -2.06. The van der Waals surface area contributed by atoms with Crippen molar-refractivity contribution in [2.75, 3.05) is 0 Å². The minimum atomic E-state index is 0.992. The number of aryl methyl sites for hydroxylation is 1. The first-order chi connectivity index (χ1) is 5.29. The molecule has 0 aromatic carbocycles. The van der Waals surface area contributed by atoms with E-state index in [9.17, 15) is 0 Å². The van der Waals surface area contributed by atoms with Gasteiger partial charge in [-0.05, 0) is 30.0 Å². The Morgan fingerprint density at radius 3 is 2.55 bits per heavy atom. The number of rotatable bonds is 2. The molecule has 1 aromatic rings. The molecule has 0 aliphatic carbocycles. The van der Waals surface area contributed by atoms with Crippen LogP contribution in [0.25, 0.3) is 0 Å². The van der Waals surface area contributed by atoms with Crippen LogP contribution in [0, 0.1) is 0 Å². The molecule has 0 N–H and O–H groups in total. The maximum absolute atomic E-state index is 4.17. The van der Waals surface area contributed by atoms with Crippen molar-refractivity contribution < 1.29 is 0 Å². The van der Waals surface area contributed by atoms with Crippen molar-refractivity contribution in [3.05, 3.63) is 23.4 Å². The van der Waals surface area contributed by atoms with Crippen molar-refractivity contribution in [2.24, 2.45) is 0 Å². The Bertz CT molecular complexity index is 245. The Kier molecular flexibility index (Phi) is 2.82. The SMILES string of the molecule is CCc1ccnc([Si])c1CC. The third-order valence-corrected chi connectivity index (χ3v) is 2.32. The molecule has 0 unspecified atom stereocenters. The zero-order valence-electron chi connectivity index (χ0n) is 7.02. The average Bonchev–Trinajstić information content (AvgIpc) is 2.04. The summed E-state index contributed by atoms with van der Waals surface area (Å²) in [7, 11) is 3.49.